The summed E-state index contributed by atoms with van der Waals surface area (Å²) in [7, 11) is 0. The van der Waals surface area contributed by atoms with Crippen molar-refractivity contribution in [1.82, 2.24) is 9.97 Å². The minimum absolute atomic E-state index is 0.0477. The van der Waals surface area contributed by atoms with Gasteiger partial charge in [-0.2, -0.15) is 0 Å². The van der Waals surface area contributed by atoms with E-state index in [9.17, 15) is 4.79 Å². The van der Waals surface area contributed by atoms with E-state index in [0.717, 1.165) is 34.1 Å². The predicted molar refractivity (Wildman–Crippen MR) is 111 cm³/mol. The van der Waals surface area contributed by atoms with Crippen molar-refractivity contribution < 1.29 is 4.79 Å². The number of piperidine rings is 1. The Morgan fingerprint density at radius 2 is 2.04 bits per heavy atom. The predicted octanol–water partition coefficient (Wildman–Crippen LogP) is 4.45. The summed E-state index contributed by atoms with van der Waals surface area (Å²) in [5, 5.41) is 3.72. The van der Waals surface area contributed by atoms with Crippen molar-refractivity contribution >= 4 is 45.1 Å². The van der Waals surface area contributed by atoms with Crippen molar-refractivity contribution in [3.8, 4) is 0 Å². The van der Waals surface area contributed by atoms with Crippen LogP contribution in [0.15, 0.2) is 46.2 Å². The first kappa shape index (κ1) is 19.2. The van der Waals surface area contributed by atoms with E-state index in [2.05, 4.69) is 50.0 Å². The third kappa shape index (κ3) is 5.45. The molecule has 26 heavy (non-hydrogen) atoms. The minimum Gasteiger partial charge on any atom is -0.356 e. The molecule has 1 aliphatic rings. The lowest BCUT2D eigenvalue weighted by Gasteiger charge is -2.35. The van der Waals surface area contributed by atoms with E-state index >= 15 is 0 Å². The standard InChI is InChI=1S/C19H23BrN4OS/c1-13-6-14(2)10-24(9-13)17-8-19(22-12-21-17)26-11-18(25)23-16-5-3-4-15(20)7-16/h3-5,7-8,12-14H,6,9-11H2,1-2H3,(H,23,25)/t13-,14+. The first-order valence-corrected chi connectivity index (χ1v) is 10.5. The smallest absolute Gasteiger partial charge is 0.234 e. The minimum atomic E-state index is -0.0477. The highest BCUT2D eigenvalue weighted by Gasteiger charge is 2.23. The molecule has 0 aliphatic carbocycles. The lowest BCUT2D eigenvalue weighted by molar-refractivity contribution is -0.113. The van der Waals surface area contributed by atoms with E-state index in [1.54, 1.807) is 6.33 Å². The van der Waals surface area contributed by atoms with E-state index in [1.807, 2.05) is 30.3 Å². The van der Waals surface area contributed by atoms with Crippen molar-refractivity contribution in [3.05, 3.63) is 41.1 Å². The van der Waals surface area contributed by atoms with E-state index in [4.69, 9.17) is 0 Å². The second kappa shape index (κ2) is 8.86. The van der Waals surface area contributed by atoms with E-state index in [-0.39, 0.29) is 5.91 Å². The fraction of sp³-hybridized carbons (Fsp3) is 0.421. The largest absolute Gasteiger partial charge is 0.356 e. The summed E-state index contributed by atoms with van der Waals surface area (Å²) >= 11 is 4.83. The number of carbonyl (C=O) groups excluding carboxylic acids is 1. The molecule has 138 valence electrons. The number of carbonyl (C=O) groups is 1. The van der Waals surface area contributed by atoms with Crippen molar-refractivity contribution in [2.45, 2.75) is 25.3 Å². The van der Waals surface area contributed by atoms with Gasteiger partial charge in [-0.3, -0.25) is 4.79 Å². The van der Waals surface area contributed by atoms with Crippen molar-refractivity contribution in [1.29, 1.82) is 0 Å². The lowest BCUT2D eigenvalue weighted by Crippen LogP contribution is -2.39. The average molecular weight is 435 g/mol. The summed E-state index contributed by atoms with van der Waals surface area (Å²) in [5.41, 5.74) is 0.782. The van der Waals surface area contributed by atoms with E-state index in [1.165, 1.54) is 18.2 Å². The Morgan fingerprint density at radius 1 is 1.27 bits per heavy atom. The van der Waals surface area contributed by atoms with Gasteiger partial charge in [-0.15, -0.1) is 0 Å². The number of rotatable bonds is 5. The van der Waals surface area contributed by atoms with Gasteiger partial charge in [0.15, 0.2) is 0 Å². The molecule has 2 heterocycles. The molecule has 5 nitrogen and oxygen atoms in total. The average Bonchev–Trinajstić information content (AvgIpc) is 2.59. The topological polar surface area (TPSA) is 58.1 Å². The molecule has 0 saturated carbocycles. The zero-order valence-corrected chi connectivity index (χ0v) is 17.4. The summed E-state index contributed by atoms with van der Waals surface area (Å²) in [6, 6.07) is 9.56. The molecule has 2 atom stereocenters. The summed E-state index contributed by atoms with van der Waals surface area (Å²) in [4.78, 5) is 23.2. The number of nitrogens with zero attached hydrogens (tertiary/aromatic N) is 3. The Morgan fingerprint density at radius 3 is 2.77 bits per heavy atom. The van der Waals surface area contributed by atoms with Crippen LogP contribution in [0.5, 0.6) is 0 Å². The number of amides is 1. The molecule has 1 aromatic heterocycles. The van der Waals surface area contributed by atoms with Crippen LogP contribution in [0.25, 0.3) is 0 Å². The van der Waals surface area contributed by atoms with Gasteiger partial charge >= 0.3 is 0 Å². The molecule has 1 N–H and O–H groups in total. The van der Waals surface area contributed by atoms with Crippen LogP contribution in [0.3, 0.4) is 0 Å². The number of benzene rings is 1. The van der Waals surface area contributed by atoms with Crippen LogP contribution in [-0.2, 0) is 4.79 Å². The second-order valence-corrected chi connectivity index (χ2v) is 8.82. The molecule has 3 rings (SSSR count). The highest BCUT2D eigenvalue weighted by Crippen LogP contribution is 2.27. The molecule has 2 aromatic rings. The SMILES string of the molecule is C[C@@H]1C[C@H](C)CN(c2cc(SCC(=O)Nc3cccc(Br)c3)ncn2)C1. The molecule has 1 amide bonds. The van der Waals surface area contributed by atoms with Crippen LogP contribution in [0, 0.1) is 11.8 Å². The molecule has 1 aliphatic heterocycles. The molecule has 0 radical (unpaired) electrons. The van der Waals surface area contributed by atoms with Crippen molar-refractivity contribution in [2.75, 3.05) is 29.1 Å². The van der Waals surface area contributed by atoms with Gasteiger partial charge in [0.1, 0.15) is 17.2 Å². The van der Waals surface area contributed by atoms with Gasteiger partial charge in [0.2, 0.25) is 5.91 Å². The Balaban J connectivity index is 1.57. The van der Waals surface area contributed by atoms with Gasteiger partial charge in [0.05, 0.1) is 5.75 Å². The Bertz CT molecular complexity index is 763. The number of hydrogen-bond donors (Lipinski definition) is 1. The number of halogens is 1. The zero-order chi connectivity index (χ0) is 18.5. The summed E-state index contributed by atoms with van der Waals surface area (Å²) in [5.74, 6) is 2.55. The van der Waals surface area contributed by atoms with Gasteiger partial charge in [-0.1, -0.05) is 47.6 Å². The number of hydrogen-bond acceptors (Lipinski definition) is 5. The van der Waals surface area contributed by atoms with Gasteiger partial charge < -0.3 is 10.2 Å². The maximum absolute atomic E-state index is 12.2. The quantitative estimate of drug-likeness (QED) is 0.556. The van der Waals surface area contributed by atoms with Gasteiger partial charge in [0.25, 0.3) is 0 Å². The zero-order valence-electron chi connectivity index (χ0n) is 15.0. The number of anilines is 2. The van der Waals surface area contributed by atoms with Gasteiger partial charge in [0, 0.05) is 29.3 Å². The number of nitrogens with one attached hydrogen (secondary N) is 1. The third-order valence-corrected chi connectivity index (χ3v) is 5.70. The highest BCUT2D eigenvalue weighted by molar-refractivity contribution is 9.10. The molecule has 0 spiro atoms. The van der Waals surface area contributed by atoms with Crippen LogP contribution in [0.2, 0.25) is 0 Å². The van der Waals surface area contributed by atoms with E-state index < -0.39 is 0 Å². The van der Waals surface area contributed by atoms with E-state index in [0.29, 0.717) is 17.6 Å². The first-order valence-electron chi connectivity index (χ1n) is 8.75. The van der Waals surface area contributed by atoms with Crippen LogP contribution in [0.4, 0.5) is 11.5 Å². The fourth-order valence-electron chi connectivity index (χ4n) is 3.33. The summed E-state index contributed by atoms with van der Waals surface area (Å²) in [6.07, 6.45) is 2.85. The summed E-state index contributed by atoms with van der Waals surface area (Å²) < 4.78 is 0.938. The lowest BCUT2D eigenvalue weighted by atomic mass is 9.92. The molecule has 0 unspecified atom stereocenters. The molecular formula is C19H23BrN4OS. The van der Waals surface area contributed by atoms with Crippen molar-refractivity contribution in [2.24, 2.45) is 11.8 Å². The number of aromatic nitrogens is 2. The Hall–Kier alpha value is -1.60. The molecule has 7 heteroatoms. The Kier molecular flexibility index (Phi) is 6.53. The van der Waals surface area contributed by atoms with Gasteiger partial charge in [-0.05, 0) is 36.5 Å². The molecule has 1 aromatic carbocycles. The van der Waals surface area contributed by atoms with Crippen LogP contribution in [0.1, 0.15) is 20.3 Å². The first-order chi connectivity index (χ1) is 12.5. The summed E-state index contributed by atoms with van der Waals surface area (Å²) in [6.45, 7) is 6.61. The van der Waals surface area contributed by atoms with Crippen LogP contribution in [-0.4, -0.2) is 34.7 Å². The van der Waals surface area contributed by atoms with Crippen LogP contribution >= 0.6 is 27.7 Å². The van der Waals surface area contributed by atoms with Crippen LogP contribution < -0.4 is 10.2 Å². The fourth-order valence-corrected chi connectivity index (χ4v) is 4.40. The van der Waals surface area contributed by atoms with Gasteiger partial charge in [-0.25, -0.2) is 9.97 Å². The van der Waals surface area contributed by atoms with Crippen molar-refractivity contribution in [3.63, 3.8) is 0 Å². The highest BCUT2D eigenvalue weighted by atomic mass is 79.9. The molecule has 0 bridgehead atoms. The maximum Gasteiger partial charge on any atom is 0.234 e. The monoisotopic (exact) mass is 434 g/mol. The Labute approximate surface area is 167 Å². The third-order valence-electron chi connectivity index (χ3n) is 4.28. The second-order valence-electron chi connectivity index (χ2n) is 6.91. The molecular weight excluding hydrogens is 412 g/mol. The number of thioether (sulfide) groups is 1. The normalized spacial score (nSPS) is 20.0. The maximum atomic E-state index is 12.2. The molecule has 1 fully saturated rings. The molecule has 1 saturated heterocycles.